The summed E-state index contributed by atoms with van der Waals surface area (Å²) in [6.45, 7) is 1.64. The number of fused-ring (bicyclic) bond motifs is 1. The van der Waals surface area contributed by atoms with Crippen molar-refractivity contribution in [3.8, 4) is 0 Å². The molecule has 0 amide bonds. The summed E-state index contributed by atoms with van der Waals surface area (Å²) in [5.74, 6) is 0.540. The van der Waals surface area contributed by atoms with Gasteiger partial charge in [-0.25, -0.2) is 4.98 Å². The van der Waals surface area contributed by atoms with Crippen molar-refractivity contribution in [3.05, 3.63) is 18.5 Å². The molecule has 0 spiro atoms. The van der Waals surface area contributed by atoms with E-state index in [4.69, 9.17) is 10.5 Å². The maximum Gasteiger partial charge on any atom is 0.201 e. The van der Waals surface area contributed by atoms with Gasteiger partial charge in [-0.05, 0) is 18.9 Å². The molecule has 0 radical (unpaired) electrons. The normalized spacial score (nSPS) is 20.6. The van der Waals surface area contributed by atoms with Crippen LogP contribution in [-0.4, -0.2) is 27.2 Å². The highest BCUT2D eigenvalue weighted by atomic mass is 16.5. The second kappa shape index (κ2) is 3.75. The molecule has 1 aliphatic rings. The van der Waals surface area contributed by atoms with E-state index in [1.54, 1.807) is 12.4 Å². The second-order valence-electron chi connectivity index (χ2n) is 4.08. The predicted octanol–water partition coefficient (Wildman–Crippen LogP) is 1.19. The molecule has 0 saturated carbocycles. The van der Waals surface area contributed by atoms with Crippen molar-refractivity contribution in [2.24, 2.45) is 0 Å². The lowest BCUT2D eigenvalue weighted by Crippen LogP contribution is -2.16. The number of hydrogen-bond donors (Lipinski definition) is 1. The van der Waals surface area contributed by atoms with Crippen molar-refractivity contribution < 1.29 is 4.74 Å². The minimum absolute atomic E-state index is 0.271. The van der Waals surface area contributed by atoms with E-state index in [-0.39, 0.29) is 6.10 Å². The standard InChI is InChI=1S/C11H14N4O/c12-11-14-9-6-13-4-3-10(9)15(11)7-8-2-1-5-16-8/h3-4,6,8H,1-2,5,7H2,(H2,12,14). The van der Waals surface area contributed by atoms with E-state index < -0.39 is 0 Å². The summed E-state index contributed by atoms with van der Waals surface area (Å²) in [6.07, 6.45) is 6.00. The highest BCUT2D eigenvalue weighted by Crippen LogP contribution is 2.20. The molecule has 2 aromatic rings. The Kier molecular flexibility index (Phi) is 2.25. The Morgan fingerprint density at radius 3 is 3.31 bits per heavy atom. The lowest BCUT2D eigenvalue weighted by molar-refractivity contribution is 0.0984. The van der Waals surface area contributed by atoms with Crippen LogP contribution in [0.3, 0.4) is 0 Å². The van der Waals surface area contributed by atoms with Crippen molar-refractivity contribution >= 4 is 17.0 Å². The van der Waals surface area contributed by atoms with Crippen LogP contribution in [0.25, 0.3) is 11.0 Å². The lowest BCUT2D eigenvalue weighted by Gasteiger charge is -2.12. The molecular weight excluding hydrogens is 204 g/mol. The van der Waals surface area contributed by atoms with E-state index in [9.17, 15) is 0 Å². The first kappa shape index (κ1) is 9.59. The van der Waals surface area contributed by atoms with Gasteiger partial charge in [0.25, 0.3) is 0 Å². The van der Waals surface area contributed by atoms with Gasteiger partial charge < -0.3 is 15.0 Å². The number of nitrogen functional groups attached to an aromatic ring is 1. The molecule has 16 heavy (non-hydrogen) atoms. The monoisotopic (exact) mass is 218 g/mol. The third-order valence-electron chi connectivity index (χ3n) is 2.99. The molecule has 0 aliphatic carbocycles. The van der Waals surface area contributed by atoms with Crippen LogP contribution in [0.4, 0.5) is 5.95 Å². The number of pyridine rings is 1. The summed E-state index contributed by atoms with van der Waals surface area (Å²) < 4.78 is 7.62. The number of nitrogens with zero attached hydrogens (tertiary/aromatic N) is 3. The predicted molar refractivity (Wildman–Crippen MR) is 60.9 cm³/mol. The van der Waals surface area contributed by atoms with Crippen LogP contribution in [0.2, 0.25) is 0 Å². The topological polar surface area (TPSA) is 66.0 Å². The van der Waals surface area contributed by atoms with Gasteiger partial charge in [-0.1, -0.05) is 0 Å². The average Bonchev–Trinajstić information content (AvgIpc) is 2.89. The number of nitrogens with two attached hydrogens (primary N) is 1. The molecule has 5 nitrogen and oxygen atoms in total. The van der Waals surface area contributed by atoms with Gasteiger partial charge in [-0.15, -0.1) is 0 Å². The zero-order valence-corrected chi connectivity index (χ0v) is 8.97. The summed E-state index contributed by atoms with van der Waals surface area (Å²) in [4.78, 5) is 8.31. The Morgan fingerprint density at radius 1 is 1.56 bits per heavy atom. The van der Waals surface area contributed by atoms with Crippen molar-refractivity contribution in [2.45, 2.75) is 25.5 Å². The molecule has 1 unspecified atom stereocenters. The molecule has 0 aromatic carbocycles. The van der Waals surface area contributed by atoms with Crippen molar-refractivity contribution in [1.29, 1.82) is 0 Å². The second-order valence-corrected chi connectivity index (χ2v) is 4.08. The van der Waals surface area contributed by atoms with Gasteiger partial charge in [-0.2, -0.15) is 0 Å². The fourth-order valence-electron chi connectivity index (χ4n) is 2.18. The van der Waals surface area contributed by atoms with Crippen LogP contribution in [0.5, 0.6) is 0 Å². The lowest BCUT2D eigenvalue weighted by atomic mass is 10.2. The molecule has 1 atom stereocenters. The molecule has 84 valence electrons. The highest BCUT2D eigenvalue weighted by molar-refractivity contribution is 5.77. The van der Waals surface area contributed by atoms with Gasteiger partial charge in [0.2, 0.25) is 5.95 Å². The number of imidazole rings is 1. The van der Waals surface area contributed by atoms with Crippen LogP contribution in [0.15, 0.2) is 18.5 Å². The van der Waals surface area contributed by atoms with Gasteiger partial charge in [0.05, 0.1) is 24.4 Å². The van der Waals surface area contributed by atoms with E-state index in [1.165, 1.54) is 0 Å². The first-order valence-corrected chi connectivity index (χ1v) is 5.52. The van der Waals surface area contributed by atoms with Gasteiger partial charge in [0.15, 0.2) is 0 Å². The smallest absolute Gasteiger partial charge is 0.201 e. The molecule has 0 bridgehead atoms. The zero-order chi connectivity index (χ0) is 11.0. The third-order valence-corrected chi connectivity index (χ3v) is 2.99. The summed E-state index contributed by atoms with van der Waals surface area (Å²) in [7, 11) is 0. The quantitative estimate of drug-likeness (QED) is 0.822. The molecule has 3 rings (SSSR count). The van der Waals surface area contributed by atoms with Gasteiger partial charge >= 0.3 is 0 Å². The molecule has 3 heterocycles. The van der Waals surface area contributed by atoms with E-state index in [0.29, 0.717) is 5.95 Å². The number of ether oxygens (including phenoxy) is 1. The molecule has 1 saturated heterocycles. The zero-order valence-electron chi connectivity index (χ0n) is 8.97. The van der Waals surface area contributed by atoms with Crippen LogP contribution in [-0.2, 0) is 11.3 Å². The number of aromatic nitrogens is 3. The Hall–Kier alpha value is -1.62. The number of anilines is 1. The highest BCUT2D eigenvalue weighted by Gasteiger charge is 2.18. The minimum atomic E-state index is 0.271. The van der Waals surface area contributed by atoms with E-state index >= 15 is 0 Å². The summed E-state index contributed by atoms with van der Waals surface area (Å²) in [5, 5.41) is 0. The van der Waals surface area contributed by atoms with Crippen molar-refractivity contribution in [3.63, 3.8) is 0 Å². The molecule has 1 fully saturated rings. The van der Waals surface area contributed by atoms with Crippen LogP contribution in [0, 0.1) is 0 Å². The van der Waals surface area contributed by atoms with Gasteiger partial charge in [0.1, 0.15) is 5.52 Å². The summed E-state index contributed by atoms with van der Waals surface area (Å²) in [5.41, 5.74) is 7.78. The van der Waals surface area contributed by atoms with Gasteiger partial charge in [-0.3, -0.25) is 4.98 Å². The van der Waals surface area contributed by atoms with Crippen LogP contribution < -0.4 is 5.73 Å². The SMILES string of the molecule is Nc1nc2cnccc2n1CC1CCCO1. The summed E-state index contributed by atoms with van der Waals surface area (Å²) in [6, 6.07) is 1.94. The molecule has 2 aromatic heterocycles. The Labute approximate surface area is 93.2 Å². The molecule has 5 heteroatoms. The van der Waals surface area contributed by atoms with Crippen molar-refractivity contribution in [1.82, 2.24) is 14.5 Å². The molecular formula is C11H14N4O. The molecule has 2 N–H and O–H groups in total. The van der Waals surface area contributed by atoms with Crippen LogP contribution in [0.1, 0.15) is 12.8 Å². The number of rotatable bonds is 2. The maximum absolute atomic E-state index is 5.90. The minimum Gasteiger partial charge on any atom is -0.376 e. The Bertz CT molecular complexity index is 502. The Morgan fingerprint density at radius 2 is 2.50 bits per heavy atom. The maximum atomic E-state index is 5.90. The fraction of sp³-hybridized carbons (Fsp3) is 0.455. The van der Waals surface area contributed by atoms with E-state index in [2.05, 4.69) is 9.97 Å². The first-order chi connectivity index (χ1) is 7.84. The fourth-order valence-corrected chi connectivity index (χ4v) is 2.18. The number of hydrogen-bond acceptors (Lipinski definition) is 4. The first-order valence-electron chi connectivity index (χ1n) is 5.52. The summed E-state index contributed by atoms with van der Waals surface area (Å²) >= 11 is 0. The molecule has 1 aliphatic heterocycles. The van der Waals surface area contributed by atoms with Crippen molar-refractivity contribution in [2.75, 3.05) is 12.3 Å². The largest absolute Gasteiger partial charge is 0.376 e. The third kappa shape index (κ3) is 1.53. The van der Waals surface area contributed by atoms with E-state index in [1.807, 2.05) is 10.6 Å². The van der Waals surface area contributed by atoms with E-state index in [0.717, 1.165) is 37.0 Å². The van der Waals surface area contributed by atoms with Crippen LogP contribution >= 0.6 is 0 Å². The van der Waals surface area contributed by atoms with Gasteiger partial charge in [0, 0.05) is 12.8 Å². The average molecular weight is 218 g/mol. The Balaban J connectivity index is 1.98.